The minimum Gasteiger partial charge on any atom is -0.489 e. The van der Waals surface area contributed by atoms with E-state index in [0.717, 1.165) is 33.7 Å². The highest BCUT2D eigenvalue weighted by Gasteiger charge is 2.31. The molecular weight excluding hydrogens is 482 g/mol. The number of ketones is 1. The molecule has 4 aromatic rings. The lowest BCUT2D eigenvalue weighted by molar-refractivity contribution is -0.159. The molecule has 10 heteroatoms. The first-order chi connectivity index (χ1) is 17.4. The number of ether oxygens (including phenoxy) is 1. The summed E-state index contributed by atoms with van der Waals surface area (Å²) in [4.78, 5) is 38.7. The molecule has 184 valence electrons. The van der Waals surface area contributed by atoms with Gasteiger partial charge in [0.1, 0.15) is 12.4 Å². The van der Waals surface area contributed by atoms with Crippen LogP contribution in [0.5, 0.6) is 5.75 Å². The molecule has 0 amide bonds. The van der Waals surface area contributed by atoms with Crippen LogP contribution >= 0.6 is 11.9 Å². The first-order valence-corrected chi connectivity index (χ1v) is 12.0. The van der Waals surface area contributed by atoms with Crippen molar-refractivity contribution in [2.24, 2.45) is 5.92 Å². The van der Waals surface area contributed by atoms with Crippen molar-refractivity contribution in [2.75, 3.05) is 16.6 Å². The summed E-state index contributed by atoms with van der Waals surface area (Å²) in [7, 11) is 0. The molecule has 0 radical (unpaired) electrons. The third kappa shape index (κ3) is 6.22. The normalized spacial score (nSPS) is 14.7. The zero-order chi connectivity index (χ0) is 25.5. The summed E-state index contributed by atoms with van der Waals surface area (Å²) in [6.07, 6.45) is 3.59. The largest absolute Gasteiger partial charge is 0.489 e. The number of carboxylic acid groups (broad SMARTS) is 2. The summed E-state index contributed by atoms with van der Waals surface area (Å²) < 4.78 is 8.06. The smallest absolute Gasteiger partial charge is 0.414 e. The average molecular weight is 506 g/mol. The number of carbonyl (C=O) groups excluding carboxylic acids is 1. The van der Waals surface area contributed by atoms with Gasteiger partial charge in [-0.2, -0.15) is 0 Å². The highest BCUT2D eigenvalue weighted by atomic mass is 32.2. The zero-order valence-electron chi connectivity index (χ0n) is 19.0. The Bertz CT molecular complexity index is 1350. The van der Waals surface area contributed by atoms with Crippen LogP contribution in [0.25, 0.3) is 10.9 Å². The maximum absolute atomic E-state index is 13.1. The molecule has 1 atom stereocenters. The molecule has 0 bridgehead atoms. The van der Waals surface area contributed by atoms with Gasteiger partial charge >= 0.3 is 11.9 Å². The van der Waals surface area contributed by atoms with Crippen molar-refractivity contribution in [1.82, 2.24) is 9.97 Å². The van der Waals surface area contributed by atoms with E-state index in [1.807, 2.05) is 72.9 Å². The number of carbonyl (C=O) groups is 3. The van der Waals surface area contributed by atoms with E-state index in [2.05, 4.69) is 14.3 Å². The molecule has 1 fully saturated rings. The van der Waals surface area contributed by atoms with E-state index in [1.165, 1.54) is 0 Å². The minimum absolute atomic E-state index is 0.0444. The van der Waals surface area contributed by atoms with E-state index >= 15 is 0 Å². The van der Waals surface area contributed by atoms with Crippen molar-refractivity contribution in [3.8, 4) is 5.75 Å². The number of rotatable bonds is 6. The van der Waals surface area contributed by atoms with Gasteiger partial charge in [0, 0.05) is 29.4 Å². The molecular formula is C26H23N3O6S. The fourth-order valence-electron chi connectivity index (χ4n) is 3.62. The number of hydrogen-bond acceptors (Lipinski definition) is 7. The van der Waals surface area contributed by atoms with Crippen molar-refractivity contribution in [2.45, 2.75) is 6.61 Å². The molecule has 3 N–H and O–H groups in total. The second-order valence-electron chi connectivity index (χ2n) is 7.95. The van der Waals surface area contributed by atoms with Gasteiger partial charge in [0.25, 0.3) is 0 Å². The molecule has 1 saturated heterocycles. The van der Waals surface area contributed by atoms with Crippen LogP contribution in [0.1, 0.15) is 16.1 Å². The molecule has 1 unspecified atom stereocenters. The molecule has 1 aliphatic heterocycles. The lowest BCUT2D eigenvalue weighted by atomic mass is 10.0. The summed E-state index contributed by atoms with van der Waals surface area (Å²) in [5, 5.41) is 15.8. The van der Waals surface area contributed by atoms with Crippen molar-refractivity contribution >= 4 is 46.3 Å². The van der Waals surface area contributed by atoms with Crippen LogP contribution in [0.4, 0.5) is 5.69 Å². The van der Waals surface area contributed by atoms with Crippen LogP contribution in [-0.4, -0.2) is 50.2 Å². The summed E-state index contributed by atoms with van der Waals surface area (Å²) in [6.45, 7) is 1.21. The number of carboxylic acids is 2. The van der Waals surface area contributed by atoms with Gasteiger partial charge in [-0.3, -0.25) is 9.78 Å². The van der Waals surface area contributed by atoms with E-state index in [1.54, 1.807) is 18.1 Å². The van der Waals surface area contributed by atoms with E-state index in [9.17, 15) is 4.79 Å². The Kier molecular flexibility index (Phi) is 7.86. The Balaban J connectivity index is 0.000000455. The summed E-state index contributed by atoms with van der Waals surface area (Å²) >= 11 is 1.68. The molecule has 0 aliphatic carbocycles. The molecule has 3 heterocycles. The third-order valence-corrected chi connectivity index (χ3v) is 6.63. The molecule has 5 rings (SSSR count). The number of nitrogens with one attached hydrogen (secondary N) is 1. The number of aliphatic carboxylic acids is 2. The first kappa shape index (κ1) is 24.8. The fourth-order valence-corrected chi connectivity index (χ4v) is 4.78. The predicted molar refractivity (Wildman–Crippen MR) is 136 cm³/mol. The number of aromatic amines is 1. The van der Waals surface area contributed by atoms with E-state index in [0.29, 0.717) is 18.8 Å². The Morgan fingerprint density at radius 1 is 1.03 bits per heavy atom. The van der Waals surface area contributed by atoms with Crippen LogP contribution in [-0.2, 0) is 16.2 Å². The van der Waals surface area contributed by atoms with Gasteiger partial charge in [0.05, 0.1) is 23.5 Å². The Morgan fingerprint density at radius 2 is 1.81 bits per heavy atom. The van der Waals surface area contributed by atoms with Gasteiger partial charge in [0.15, 0.2) is 5.78 Å². The van der Waals surface area contributed by atoms with Crippen molar-refractivity contribution < 1.29 is 29.3 Å². The monoisotopic (exact) mass is 505 g/mol. The summed E-state index contributed by atoms with van der Waals surface area (Å²) in [5.74, 6) is -1.98. The summed E-state index contributed by atoms with van der Waals surface area (Å²) in [6, 6.07) is 21.8. The highest BCUT2D eigenvalue weighted by Crippen LogP contribution is 2.33. The number of nitrogens with zero attached hydrogens (tertiary/aromatic N) is 2. The summed E-state index contributed by atoms with van der Waals surface area (Å²) in [5.41, 5.74) is 3.76. The molecule has 36 heavy (non-hydrogen) atoms. The third-order valence-electron chi connectivity index (χ3n) is 5.41. The van der Waals surface area contributed by atoms with Crippen LogP contribution < -0.4 is 9.04 Å². The lowest BCUT2D eigenvalue weighted by Crippen LogP contribution is -2.22. The second kappa shape index (κ2) is 11.4. The van der Waals surface area contributed by atoms with Gasteiger partial charge < -0.3 is 24.2 Å². The van der Waals surface area contributed by atoms with Crippen LogP contribution in [0.2, 0.25) is 0 Å². The number of Topliss-reactive ketones (excluding diaryl/α,β-unsaturated/α-hetero) is 1. The van der Waals surface area contributed by atoms with Crippen LogP contribution in [0, 0.1) is 5.92 Å². The molecule has 9 nitrogen and oxygen atoms in total. The lowest BCUT2D eigenvalue weighted by Gasteiger charge is -2.15. The number of anilines is 1. The second-order valence-corrected chi connectivity index (χ2v) is 8.98. The highest BCUT2D eigenvalue weighted by molar-refractivity contribution is 8.00. The van der Waals surface area contributed by atoms with Crippen molar-refractivity contribution in [3.05, 3.63) is 90.4 Å². The van der Waals surface area contributed by atoms with Gasteiger partial charge in [-0.1, -0.05) is 30.3 Å². The van der Waals surface area contributed by atoms with Crippen LogP contribution in [0.3, 0.4) is 0 Å². The Labute approximate surface area is 210 Å². The molecule has 0 spiro atoms. The van der Waals surface area contributed by atoms with Gasteiger partial charge in [0.2, 0.25) is 0 Å². The minimum atomic E-state index is -1.82. The molecule has 0 saturated carbocycles. The quantitative estimate of drug-likeness (QED) is 0.200. The number of pyridine rings is 1. The average Bonchev–Trinajstić information content (AvgIpc) is 3.56. The van der Waals surface area contributed by atoms with Gasteiger partial charge in [-0.25, -0.2) is 9.59 Å². The van der Waals surface area contributed by atoms with Crippen molar-refractivity contribution in [3.63, 3.8) is 0 Å². The van der Waals surface area contributed by atoms with Crippen LogP contribution in [0.15, 0.2) is 79.1 Å². The van der Waals surface area contributed by atoms with Gasteiger partial charge in [-0.15, -0.1) is 0 Å². The maximum Gasteiger partial charge on any atom is 0.414 e. The molecule has 2 aromatic heterocycles. The molecule has 1 aliphatic rings. The number of benzene rings is 2. The number of fused-ring (bicyclic) bond motifs is 1. The SMILES string of the molecule is O=C(O)C(=O)O.O=C(c1cc2cc(OCc3ccccc3)ccc2[nH]1)C1CSN(c2cccnc2)C1. The maximum atomic E-state index is 13.1. The number of hydrogen-bond donors (Lipinski definition) is 3. The van der Waals surface area contributed by atoms with E-state index in [-0.39, 0.29) is 11.7 Å². The first-order valence-electron chi connectivity index (χ1n) is 11.0. The fraction of sp³-hybridized carbons (Fsp3) is 0.154. The standard InChI is InChI=1S/C24H21N3O2S.C2H2O4/c28-24(19-14-27(30-16-19)20-7-4-10-25-13-20)23-12-18-11-21(8-9-22(18)26-23)29-15-17-5-2-1-3-6-17;3-1(4)2(5)6/h1-13,19,26H,14-16H2;(H,3,4)(H,5,6). The van der Waals surface area contributed by atoms with E-state index < -0.39 is 11.9 Å². The van der Waals surface area contributed by atoms with Gasteiger partial charge in [-0.05, 0) is 53.9 Å². The predicted octanol–water partition coefficient (Wildman–Crippen LogP) is 4.26. The Hall–Kier alpha value is -4.31. The number of aromatic nitrogens is 2. The van der Waals surface area contributed by atoms with Crippen molar-refractivity contribution in [1.29, 1.82) is 0 Å². The number of H-pyrrole nitrogens is 1. The van der Waals surface area contributed by atoms with E-state index in [4.69, 9.17) is 24.5 Å². The zero-order valence-corrected chi connectivity index (χ0v) is 19.9. The molecule has 2 aromatic carbocycles. The topological polar surface area (TPSA) is 133 Å². The Morgan fingerprint density at radius 3 is 2.50 bits per heavy atom.